The predicted molar refractivity (Wildman–Crippen MR) is 86.1 cm³/mol. The molecule has 0 aliphatic carbocycles. The SMILES string of the molecule is Cc1ccc(N)cc1NS(=O)(=O)c1cc(Br)sc1Br. The summed E-state index contributed by atoms with van der Waals surface area (Å²) in [5.74, 6) is 0. The van der Waals surface area contributed by atoms with Gasteiger partial charge in [-0.2, -0.15) is 0 Å². The molecular formula is C11H10Br2N2O2S2. The standard InChI is InChI=1S/C11H10Br2N2O2S2/c1-6-2-3-7(14)4-8(6)15-19(16,17)9-5-10(12)18-11(9)13/h2-5,15H,14H2,1H3. The lowest BCUT2D eigenvalue weighted by atomic mass is 10.2. The van der Waals surface area contributed by atoms with E-state index in [1.807, 2.05) is 6.92 Å². The molecule has 2 aromatic rings. The normalized spacial score (nSPS) is 11.5. The quantitative estimate of drug-likeness (QED) is 0.730. The van der Waals surface area contributed by atoms with Crippen LogP contribution in [0.25, 0.3) is 0 Å². The summed E-state index contributed by atoms with van der Waals surface area (Å²) < 4.78 is 28.4. The number of hydrogen-bond acceptors (Lipinski definition) is 4. The number of rotatable bonds is 3. The molecule has 0 aliphatic heterocycles. The fourth-order valence-corrected chi connectivity index (χ4v) is 6.39. The van der Waals surface area contributed by atoms with Crippen molar-refractivity contribution in [3.05, 3.63) is 37.4 Å². The molecular weight excluding hydrogens is 416 g/mol. The lowest BCUT2D eigenvalue weighted by Gasteiger charge is -2.10. The van der Waals surface area contributed by atoms with E-state index in [4.69, 9.17) is 5.73 Å². The third-order valence-corrected chi connectivity index (χ3v) is 6.54. The van der Waals surface area contributed by atoms with Gasteiger partial charge in [0.25, 0.3) is 10.0 Å². The van der Waals surface area contributed by atoms with Crippen LogP contribution in [0.5, 0.6) is 0 Å². The molecule has 3 N–H and O–H groups in total. The highest BCUT2D eigenvalue weighted by Gasteiger charge is 2.21. The number of hydrogen-bond donors (Lipinski definition) is 2. The zero-order valence-corrected chi connectivity index (χ0v) is 14.6. The zero-order valence-electron chi connectivity index (χ0n) is 9.78. The molecule has 8 heteroatoms. The van der Waals surface area contributed by atoms with Crippen LogP contribution in [0.15, 0.2) is 36.7 Å². The van der Waals surface area contributed by atoms with Gasteiger partial charge in [0, 0.05) is 5.69 Å². The van der Waals surface area contributed by atoms with Crippen LogP contribution in [0.2, 0.25) is 0 Å². The van der Waals surface area contributed by atoms with Gasteiger partial charge in [-0.05, 0) is 62.5 Å². The second-order valence-corrected chi connectivity index (χ2v) is 9.27. The van der Waals surface area contributed by atoms with Gasteiger partial charge in [0.05, 0.1) is 13.3 Å². The summed E-state index contributed by atoms with van der Waals surface area (Å²) in [6.07, 6.45) is 0. The number of anilines is 2. The second kappa shape index (κ2) is 5.43. The van der Waals surface area contributed by atoms with Gasteiger partial charge < -0.3 is 5.73 Å². The lowest BCUT2D eigenvalue weighted by Crippen LogP contribution is -2.13. The van der Waals surface area contributed by atoms with E-state index in [2.05, 4.69) is 36.6 Å². The van der Waals surface area contributed by atoms with Crippen molar-refractivity contribution in [2.24, 2.45) is 0 Å². The molecule has 2 rings (SSSR count). The van der Waals surface area contributed by atoms with Crippen LogP contribution in [0, 0.1) is 6.92 Å². The van der Waals surface area contributed by atoms with Gasteiger partial charge in [0.2, 0.25) is 0 Å². The van der Waals surface area contributed by atoms with Crippen molar-refractivity contribution in [1.82, 2.24) is 0 Å². The van der Waals surface area contributed by atoms with Gasteiger partial charge in [-0.1, -0.05) is 6.07 Å². The largest absolute Gasteiger partial charge is 0.399 e. The Bertz CT molecular complexity index is 726. The molecule has 4 nitrogen and oxygen atoms in total. The van der Waals surface area contributed by atoms with Crippen molar-refractivity contribution in [1.29, 1.82) is 0 Å². The maximum absolute atomic E-state index is 12.3. The molecule has 0 saturated heterocycles. The Morgan fingerprint density at radius 3 is 2.53 bits per heavy atom. The monoisotopic (exact) mass is 424 g/mol. The Morgan fingerprint density at radius 2 is 1.95 bits per heavy atom. The molecule has 0 amide bonds. The Kier molecular flexibility index (Phi) is 4.24. The number of nitrogens with one attached hydrogen (secondary N) is 1. The molecule has 0 saturated carbocycles. The fraction of sp³-hybridized carbons (Fsp3) is 0.0909. The van der Waals surface area contributed by atoms with Crippen LogP contribution >= 0.6 is 43.2 Å². The number of thiophene rings is 1. The molecule has 0 aliphatic rings. The van der Waals surface area contributed by atoms with Crippen LogP contribution in [0.3, 0.4) is 0 Å². The molecule has 102 valence electrons. The van der Waals surface area contributed by atoms with Crippen LogP contribution in [0.1, 0.15) is 5.56 Å². The number of aryl methyl sites for hydroxylation is 1. The van der Waals surface area contributed by atoms with E-state index in [9.17, 15) is 8.42 Å². The molecule has 0 spiro atoms. The van der Waals surface area contributed by atoms with E-state index in [-0.39, 0.29) is 4.90 Å². The zero-order chi connectivity index (χ0) is 14.2. The van der Waals surface area contributed by atoms with E-state index in [1.165, 1.54) is 11.3 Å². The predicted octanol–water partition coefficient (Wildman–Crippen LogP) is 3.96. The minimum Gasteiger partial charge on any atom is -0.399 e. The first-order chi connectivity index (χ1) is 8.79. The van der Waals surface area contributed by atoms with E-state index in [0.29, 0.717) is 15.2 Å². The van der Waals surface area contributed by atoms with E-state index >= 15 is 0 Å². The van der Waals surface area contributed by atoms with Crippen molar-refractivity contribution in [3.63, 3.8) is 0 Å². The molecule has 0 radical (unpaired) electrons. The Morgan fingerprint density at radius 1 is 1.26 bits per heavy atom. The molecule has 1 aromatic heterocycles. The van der Waals surface area contributed by atoms with Gasteiger partial charge >= 0.3 is 0 Å². The van der Waals surface area contributed by atoms with Crippen LogP contribution in [-0.2, 0) is 10.0 Å². The average Bonchev–Trinajstić information content (AvgIpc) is 2.63. The molecule has 1 aromatic carbocycles. The molecule has 0 atom stereocenters. The molecule has 19 heavy (non-hydrogen) atoms. The van der Waals surface area contributed by atoms with Gasteiger partial charge in [-0.25, -0.2) is 8.42 Å². The third-order valence-electron chi connectivity index (χ3n) is 2.42. The van der Waals surface area contributed by atoms with Crippen molar-refractivity contribution in [2.75, 3.05) is 10.5 Å². The number of nitrogen functional groups attached to an aromatic ring is 1. The summed E-state index contributed by atoms with van der Waals surface area (Å²) in [5.41, 5.74) is 7.47. The van der Waals surface area contributed by atoms with Crippen LogP contribution in [0.4, 0.5) is 11.4 Å². The molecule has 0 unspecified atom stereocenters. The maximum atomic E-state index is 12.3. The highest BCUT2D eigenvalue weighted by atomic mass is 79.9. The molecule has 0 fully saturated rings. The first-order valence-electron chi connectivity index (χ1n) is 5.13. The van der Waals surface area contributed by atoms with Crippen LogP contribution < -0.4 is 10.5 Å². The summed E-state index contributed by atoms with van der Waals surface area (Å²) in [5, 5.41) is 0. The van der Waals surface area contributed by atoms with Crippen molar-refractivity contribution >= 4 is 64.6 Å². The van der Waals surface area contributed by atoms with Gasteiger partial charge in [0.1, 0.15) is 4.90 Å². The van der Waals surface area contributed by atoms with E-state index in [1.54, 1.807) is 24.3 Å². The first kappa shape index (κ1) is 14.8. The Hall–Kier alpha value is -0.570. The van der Waals surface area contributed by atoms with E-state index in [0.717, 1.165) is 9.35 Å². The second-order valence-electron chi connectivity index (χ2n) is 3.87. The number of nitrogens with two attached hydrogens (primary N) is 1. The van der Waals surface area contributed by atoms with E-state index < -0.39 is 10.0 Å². The maximum Gasteiger partial charge on any atom is 0.263 e. The Labute approximate surface area is 132 Å². The van der Waals surface area contributed by atoms with Gasteiger partial charge in [-0.15, -0.1) is 11.3 Å². The summed E-state index contributed by atoms with van der Waals surface area (Å²) in [6.45, 7) is 1.82. The lowest BCUT2D eigenvalue weighted by molar-refractivity contribution is 0.601. The van der Waals surface area contributed by atoms with Crippen molar-refractivity contribution in [2.45, 2.75) is 11.8 Å². The average molecular weight is 426 g/mol. The number of sulfonamides is 1. The smallest absolute Gasteiger partial charge is 0.263 e. The third kappa shape index (κ3) is 3.31. The van der Waals surface area contributed by atoms with Gasteiger partial charge in [0.15, 0.2) is 0 Å². The number of halogens is 2. The Balaban J connectivity index is 2.42. The number of benzene rings is 1. The van der Waals surface area contributed by atoms with Crippen molar-refractivity contribution < 1.29 is 8.42 Å². The minimum atomic E-state index is -3.63. The molecule has 0 bridgehead atoms. The van der Waals surface area contributed by atoms with Crippen molar-refractivity contribution in [3.8, 4) is 0 Å². The highest BCUT2D eigenvalue weighted by Crippen LogP contribution is 2.36. The fourth-order valence-electron chi connectivity index (χ4n) is 1.46. The minimum absolute atomic E-state index is 0.200. The summed E-state index contributed by atoms with van der Waals surface area (Å²) in [4.78, 5) is 0.200. The highest BCUT2D eigenvalue weighted by molar-refractivity contribution is 9.12. The topological polar surface area (TPSA) is 72.2 Å². The van der Waals surface area contributed by atoms with Gasteiger partial charge in [-0.3, -0.25) is 4.72 Å². The summed E-state index contributed by atoms with van der Waals surface area (Å²) in [7, 11) is -3.63. The first-order valence-corrected chi connectivity index (χ1v) is 9.02. The summed E-state index contributed by atoms with van der Waals surface area (Å²) in [6, 6.07) is 6.65. The summed E-state index contributed by atoms with van der Waals surface area (Å²) >= 11 is 7.81. The van der Waals surface area contributed by atoms with Crippen LogP contribution in [-0.4, -0.2) is 8.42 Å². The molecule has 1 heterocycles.